The minimum Gasteiger partial charge on any atom is -0.398 e. The zero-order chi connectivity index (χ0) is 13.7. The first kappa shape index (κ1) is 11.4. The van der Waals surface area contributed by atoms with Crippen LogP contribution in [0.3, 0.4) is 0 Å². The molecule has 3 aromatic heterocycles. The number of benzene rings is 1. The molecule has 0 radical (unpaired) electrons. The molecule has 0 aliphatic rings. The Bertz CT molecular complexity index is 924. The molecule has 2 N–H and O–H groups in total. The fourth-order valence-electron chi connectivity index (χ4n) is 2.44. The summed E-state index contributed by atoms with van der Waals surface area (Å²) in [6.07, 6.45) is 1.76. The van der Waals surface area contributed by atoms with Crippen LogP contribution in [0.1, 0.15) is 5.69 Å². The summed E-state index contributed by atoms with van der Waals surface area (Å²) in [6.45, 7) is 1.94. The Morgan fingerprint density at radius 3 is 2.90 bits per heavy atom. The van der Waals surface area contributed by atoms with Gasteiger partial charge in [0.05, 0.1) is 22.3 Å². The molecule has 1 aromatic carbocycles. The third-order valence-electron chi connectivity index (χ3n) is 3.33. The number of nitrogens with two attached hydrogens (primary N) is 1. The molecule has 0 atom stereocenters. The van der Waals surface area contributed by atoms with Crippen LogP contribution in [-0.2, 0) is 0 Å². The number of anilines is 1. The van der Waals surface area contributed by atoms with Gasteiger partial charge >= 0.3 is 0 Å². The highest BCUT2D eigenvalue weighted by atomic mass is 32.1. The van der Waals surface area contributed by atoms with Crippen molar-refractivity contribution in [3.8, 4) is 5.13 Å². The highest BCUT2D eigenvalue weighted by molar-refractivity contribution is 7.12. The molecular formula is C14H11N5S. The lowest BCUT2D eigenvalue weighted by Gasteiger charge is -2.04. The summed E-state index contributed by atoms with van der Waals surface area (Å²) in [5.41, 5.74) is 9.53. The highest BCUT2D eigenvalue weighted by Crippen LogP contribution is 2.31. The number of thiazole rings is 1. The number of aryl methyl sites for hydroxylation is 1. The van der Waals surface area contributed by atoms with E-state index in [4.69, 9.17) is 10.7 Å². The third-order valence-corrected chi connectivity index (χ3v) is 4.07. The molecule has 20 heavy (non-hydrogen) atoms. The Hall–Kier alpha value is -2.47. The van der Waals surface area contributed by atoms with E-state index >= 15 is 0 Å². The van der Waals surface area contributed by atoms with Gasteiger partial charge in [0, 0.05) is 17.0 Å². The lowest BCUT2D eigenvalue weighted by atomic mass is 10.1. The summed E-state index contributed by atoms with van der Waals surface area (Å²) < 4.78 is 1.76. The second kappa shape index (κ2) is 4.01. The van der Waals surface area contributed by atoms with E-state index in [0.29, 0.717) is 0 Å². The SMILES string of the molecule is Cc1nn(-c2nccs2)c2nc3ccccc3c(N)c12. The summed E-state index contributed by atoms with van der Waals surface area (Å²) in [4.78, 5) is 9.00. The third kappa shape index (κ3) is 1.45. The van der Waals surface area contributed by atoms with Crippen LogP contribution in [0.5, 0.6) is 0 Å². The predicted octanol–water partition coefficient (Wildman–Crippen LogP) is 2.92. The first-order valence-corrected chi connectivity index (χ1v) is 7.07. The molecule has 0 unspecified atom stereocenters. The Labute approximate surface area is 118 Å². The molecular weight excluding hydrogens is 270 g/mol. The second-order valence-corrected chi connectivity index (χ2v) is 5.43. The molecule has 4 rings (SSSR count). The van der Waals surface area contributed by atoms with E-state index < -0.39 is 0 Å². The maximum Gasteiger partial charge on any atom is 0.212 e. The minimum absolute atomic E-state index is 0.728. The summed E-state index contributed by atoms with van der Waals surface area (Å²) in [6, 6.07) is 7.86. The van der Waals surface area contributed by atoms with Crippen molar-refractivity contribution in [3.63, 3.8) is 0 Å². The maximum absolute atomic E-state index is 6.31. The van der Waals surface area contributed by atoms with Crippen molar-refractivity contribution in [3.05, 3.63) is 41.5 Å². The molecule has 0 amide bonds. The van der Waals surface area contributed by atoms with Gasteiger partial charge in [-0.05, 0) is 13.0 Å². The lowest BCUT2D eigenvalue weighted by molar-refractivity contribution is 0.869. The Morgan fingerprint density at radius 1 is 1.25 bits per heavy atom. The van der Waals surface area contributed by atoms with Gasteiger partial charge in [-0.3, -0.25) is 0 Å². The molecule has 98 valence electrons. The molecule has 4 aromatic rings. The van der Waals surface area contributed by atoms with E-state index in [0.717, 1.165) is 38.4 Å². The van der Waals surface area contributed by atoms with Crippen molar-refractivity contribution in [2.45, 2.75) is 6.92 Å². The number of fused-ring (bicyclic) bond motifs is 2. The van der Waals surface area contributed by atoms with Crippen LogP contribution in [0.2, 0.25) is 0 Å². The largest absolute Gasteiger partial charge is 0.398 e. The van der Waals surface area contributed by atoms with Crippen LogP contribution in [0.15, 0.2) is 35.8 Å². The van der Waals surface area contributed by atoms with E-state index in [2.05, 4.69) is 10.1 Å². The van der Waals surface area contributed by atoms with Gasteiger partial charge < -0.3 is 5.73 Å². The number of aromatic nitrogens is 4. The van der Waals surface area contributed by atoms with Gasteiger partial charge in [-0.25, -0.2) is 9.97 Å². The summed E-state index contributed by atoms with van der Waals surface area (Å²) in [5, 5.41) is 9.12. The van der Waals surface area contributed by atoms with Crippen molar-refractivity contribution >= 4 is 39.0 Å². The maximum atomic E-state index is 6.31. The van der Waals surface area contributed by atoms with E-state index in [1.165, 1.54) is 11.3 Å². The van der Waals surface area contributed by atoms with Crippen LogP contribution < -0.4 is 5.73 Å². The topological polar surface area (TPSA) is 69.6 Å². The number of nitrogens with zero attached hydrogens (tertiary/aromatic N) is 4. The van der Waals surface area contributed by atoms with Crippen molar-refractivity contribution in [1.29, 1.82) is 0 Å². The van der Waals surface area contributed by atoms with Crippen LogP contribution in [0.4, 0.5) is 5.69 Å². The second-order valence-electron chi connectivity index (χ2n) is 4.55. The summed E-state index contributed by atoms with van der Waals surface area (Å²) >= 11 is 1.52. The quantitative estimate of drug-likeness (QED) is 0.582. The lowest BCUT2D eigenvalue weighted by Crippen LogP contribution is -1.98. The number of hydrogen-bond acceptors (Lipinski definition) is 5. The van der Waals surface area contributed by atoms with Gasteiger partial charge in [0.25, 0.3) is 0 Å². The average Bonchev–Trinajstić information content (AvgIpc) is 3.07. The number of pyridine rings is 1. The van der Waals surface area contributed by atoms with Crippen molar-refractivity contribution < 1.29 is 0 Å². The van der Waals surface area contributed by atoms with E-state index in [9.17, 15) is 0 Å². The van der Waals surface area contributed by atoms with Gasteiger partial charge in [0.1, 0.15) is 0 Å². The zero-order valence-corrected chi connectivity index (χ0v) is 11.6. The molecule has 0 fully saturated rings. The number of nitrogen functional groups attached to an aromatic ring is 1. The monoisotopic (exact) mass is 281 g/mol. The smallest absolute Gasteiger partial charge is 0.212 e. The first-order chi connectivity index (χ1) is 9.75. The van der Waals surface area contributed by atoms with Crippen LogP contribution >= 0.6 is 11.3 Å². The predicted molar refractivity (Wildman–Crippen MR) is 81.2 cm³/mol. The number of para-hydroxylation sites is 1. The van der Waals surface area contributed by atoms with Gasteiger partial charge in [0.2, 0.25) is 5.13 Å². The van der Waals surface area contributed by atoms with E-state index in [-0.39, 0.29) is 0 Å². The van der Waals surface area contributed by atoms with Gasteiger partial charge in [0.15, 0.2) is 5.65 Å². The fraction of sp³-hybridized carbons (Fsp3) is 0.0714. The minimum atomic E-state index is 0.728. The number of rotatable bonds is 1. The van der Waals surface area contributed by atoms with Gasteiger partial charge in [-0.1, -0.05) is 18.2 Å². The average molecular weight is 281 g/mol. The summed E-state index contributed by atoms with van der Waals surface area (Å²) in [7, 11) is 0. The molecule has 0 bridgehead atoms. The van der Waals surface area contributed by atoms with Crippen LogP contribution in [0, 0.1) is 6.92 Å². The molecule has 0 saturated heterocycles. The van der Waals surface area contributed by atoms with Gasteiger partial charge in [-0.15, -0.1) is 11.3 Å². The standard InChI is InChI=1S/C14H11N5S/c1-8-11-12(15)9-4-2-3-5-10(9)17-13(11)19(18-8)14-16-6-7-20-14/h2-7H,1H3,(H2,15,17). The Balaban J connectivity index is 2.19. The van der Waals surface area contributed by atoms with E-state index in [1.807, 2.05) is 36.6 Å². The van der Waals surface area contributed by atoms with E-state index in [1.54, 1.807) is 10.9 Å². The van der Waals surface area contributed by atoms with Crippen molar-refractivity contribution in [2.75, 3.05) is 5.73 Å². The normalized spacial score (nSPS) is 11.4. The van der Waals surface area contributed by atoms with Crippen molar-refractivity contribution in [1.82, 2.24) is 19.7 Å². The molecule has 5 nitrogen and oxygen atoms in total. The Morgan fingerprint density at radius 2 is 2.10 bits per heavy atom. The molecule has 0 aliphatic heterocycles. The highest BCUT2D eigenvalue weighted by Gasteiger charge is 2.16. The molecule has 0 saturated carbocycles. The fourth-order valence-corrected chi connectivity index (χ4v) is 3.03. The van der Waals surface area contributed by atoms with Crippen molar-refractivity contribution in [2.24, 2.45) is 0 Å². The zero-order valence-electron chi connectivity index (χ0n) is 10.7. The Kier molecular flexibility index (Phi) is 2.28. The van der Waals surface area contributed by atoms with Gasteiger partial charge in [-0.2, -0.15) is 9.78 Å². The van der Waals surface area contributed by atoms with Crippen LogP contribution in [0.25, 0.3) is 27.1 Å². The van der Waals surface area contributed by atoms with Crippen LogP contribution in [-0.4, -0.2) is 19.7 Å². The molecule has 6 heteroatoms. The molecule has 3 heterocycles. The summed E-state index contributed by atoms with van der Waals surface area (Å²) in [5.74, 6) is 0. The number of hydrogen-bond donors (Lipinski definition) is 1. The molecule has 0 aliphatic carbocycles. The first-order valence-electron chi connectivity index (χ1n) is 6.19. The molecule has 0 spiro atoms.